The summed E-state index contributed by atoms with van der Waals surface area (Å²) in [6.07, 6.45) is 3.65. The monoisotopic (exact) mass is 783 g/mol. The third-order valence-electron chi connectivity index (χ3n) is 12.2. The second-order valence-electron chi connectivity index (χ2n) is 15.4. The molecule has 0 bridgehead atoms. The summed E-state index contributed by atoms with van der Waals surface area (Å²) >= 11 is 0. The number of hydrogen-bond donors (Lipinski definition) is 3. The van der Waals surface area contributed by atoms with E-state index in [4.69, 9.17) is 9.47 Å². The molecule has 0 aliphatic heterocycles. The number of ether oxygens (including phenoxy) is 2. The third-order valence-corrected chi connectivity index (χ3v) is 12.2. The molecule has 3 fully saturated rings. The Bertz CT molecular complexity index is 1590. The highest BCUT2D eigenvalue weighted by Crippen LogP contribution is 2.70. The van der Waals surface area contributed by atoms with Crippen molar-refractivity contribution in [1.82, 2.24) is 5.32 Å². The van der Waals surface area contributed by atoms with Gasteiger partial charge in [-0.15, -0.1) is 20.2 Å². The molecule has 9 atom stereocenters. The van der Waals surface area contributed by atoms with Crippen molar-refractivity contribution in [3.63, 3.8) is 0 Å². The van der Waals surface area contributed by atoms with Crippen LogP contribution in [0.2, 0.25) is 0 Å². The molecule has 4 rings (SSSR count). The Balaban J connectivity index is 1.40. The van der Waals surface area contributed by atoms with Crippen LogP contribution in [0.3, 0.4) is 0 Å². The fourth-order valence-electron chi connectivity index (χ4n) is 9.40. The zero-order valence-corrected chi connectivity index (χ0v) is 31.2. The van der Waals surface area contributed by atoms with Crippen LogP contribution in [0.25, 0.3) is 0 Å². The number of amides is 1. The molecule has 4 aliphatic carbocycles. The summed E-state index contributed by atoms with van der Waals surface area (Å²) in [5.41, 5.74) is -6.30. The van der Waals surface area contributed by atoms with Gasteiger partial charge in [0.2, 0.25) is 11.7 Å². The summed E-state index contributed by atoms with van der Waals surface area (Å²) in [6, 6.07) is -1.56. The summed E-state index contributed by atoms with van der Waals surface area (Å²) in [7, 11) is 0. The van der Waals surface area contributed by atoms with Gasteiger partial charge in [-0.25, -0.2) is 9.18 Å². The van der Waals surface area contributed by atoms with E-state index in [2.05, 4.69) is 15.0 Å². The van der Waals surface area contributed by atoms with E-state index in [0.29, 0.717) is 18.4 Å². The average Bonchev–Trinajstić information content (AvgIpc) is 3.31. The fraction of sp³-hybridized carbons (Fsp3) is 0.750. The molecule has 0 aromatic heterocycles. The lowest BCUT2D eigenvalue weighted by atomic mass is 9.44. The van der Waals surface area contributed by atoms with E-state index in [1.807, 2.05) is 0 Å². The zero-order valence-electron chi connectivity index (χ0n) is 31.2. The molecule has 0 aromatic carbocycles. The second kappa shape index (κ2) is 17.5. The normalized spacial score (nSPS) is 32.5. The van der Waals surface area contributed by atoms with E-state index in [0.717, 1.165) is 0 Å². The first-order chi connectivity index (χ1) is 25.8. The van der Waals surface area contributed by atoms with Crippen LogP contribution in [0.4, 0.5) is 4.39 Å². The van der Waals surface area contributed by atoms with Gasteiger partial charge in [0, 0.05) is 23.2 Å². The second-order valence-corrected chi connectivity index (χ2v) is 15.4. The number of unbranched alkanes of at least 4 members (excludes halogenated alkanes) is 3. The molecule has 0 radical (unpaired) electrons. The van der Waals surface area contributed by atoms with Crippen molar-refractivity contribution in [2.45, 2.75) is 115 Å². The van der Waals surface area contributed by atoms with Gasteiger partial charge in [0.25, 0.3) is 10.2 Å². The van der Waals surface area contributed by atoms with Gasteiger partial charge in [-0.1, -0.05) is 31.9 Å². The standard InChI is InChI=1S/C36H50FN3O15/c1-22-17-26-25-11-10-23-18-24(41)12-13-33(23,2)35(25,37)28(42)20-34(26,3)36(22,47)29(43)21-53-31(45)19-27(32(46)52-14-7-8-16-55-40(50)51)38-30(44)9-5-4-6-15-54-39(48)49/h12-13,18,22,25-28,42,47H,4-11,14-17,19-21H2,1-3H3,(H,38,44)/t22-,25?,26?,27?,28+,33+,34+,35+,36+/m1/s1. The van der Waals surface area contributed by atoms with Crippen molar-refractivity contribution in [1.29, 1.82) is 0 Å². The Kier molecular flexibility index (Phi) is 13.8. The van der Waals surface area contributed by atoms with Gasteiger partial charge in [-0.05, 0) is 82.3 Å². The zero-order chi connectivity index (χ0) is 40.8. The number of rotatable bonds is 20. The maximum atomic E-state index is 17.5. The van der Waals surface area contributed by atoms with Gasteiger partial charge >= 0.3 is 11.9 Å². The summed E-state index contributed by atoms with van der Waals surface area (Å²) < 4.78 is 27.9. The molecule has 3 unspecified atom stereocenters. The first-order valence-corrected chi connectivity index (χ1v) is 18.5. The van der Waals surface area contributed by atoms with Gasteiger partial charge in [-0.2, -0.15) is 0 Å². The fourth-order valence-corrected chi connectivity index (χ4v) is 9.40. The van der Waals surface area contributed by atoms with Crippen molar-refractivity contribution >= 4 is 29.4 Å². The number of aliphatic hydroxyl groups is 2. The van der Waals surface area contributed by atoms with Crippen LogP contribution >= 0.6 is 0 Å². The predicted octanol–water partition coefficient (Wildman–Crippen LogP) is 2.62. The summed E-state index contributed by atoms with van der Waals surface area (Å²) in [5, 5.41) is 44.8. The summed E-state index contributed by atoms with van der Waals surface area (Å²) in [6.45, 7) is 3.39. The number of Topliss-reactive ketones (excluding diaryl/α,β-unsaturated/α-hetero) is 1. The Morgan fingerprint density at radius 2 is 1.64 bits per heavy atom. The van der Waals surface area contributed by atoms with Crippen molar-refractivity contribution in [3.8, 4) is 0 Å². The minimum absolute atomic E-state index is 0.114. The van der Waals surface area contributed by atoms with Crippen LogP contribution in [0.15, 0.2) is 23.8 Å². The molecule has 0 spiro atoms. The molecule has 3 saturated carbocycles. The smallest absolute Gasteiger partial charge is 0.329 e. The number of hydrogen-bond acceptors (Lipinski definition) is 15. The molecular formula is C36H50FN3O15. The molecule has 3 N–H and O–H groups in total. The topological polar surface area (TPSA) is 261 Å². The number of allylic oxidation sites excluding steroid dienone is 4. The van der Waals surface area contributed by atoms with Crippen molar-refractivity contribution < 1.29 is 67.9 Å². The van der Waals surface area contributed by atoms with Crippen LogP contribution in [0, 0.1) is 48.8 Å². The Hall–Kier alpha value is -4.52. The molecule has 55 heavy (non-hydrogen) atoms. The molecule has 0 saturated heterocycles. The van der Waals surface area contributed by atoms with Crippen LogP contribution in [-0.4, -0.2) is 99.6 Å². The summed E-state index contributed by atoms with van der Waals surface area (Å²) in [4.78, 5) is 93.7. The van der Waals surface area contributed by atoms with Crippen LogP contribution < -0.4 is 5.32 Å². The number of halogens is 1. The van der Waals surface area contributed by atoms with E-state index < -0.39 is 98.8 Å². The minimum Gasteiger partial charge on any atom is -0.464 e. The number of carbonyl (C=O) groups excluding carboxylic acids is 5. The summed E-state index contributed by atoms with van der Waals surface area (Å²) in [5.74, 6) is -5.93. The number of nitrogens with zero attached hydrogens (tertiary/aromatic N) is 2. The van der Waals surface area contributed by atoms with Crippen molar-refractivity contribution in [2.75, 3.05) is 26.4 Å². The Morgan fingerprint density at radius 3 is 2.29 bits per heavy atom. The van der Waals surface area contributed by atoms with Crippen LogP contribution in [0.1, 0.15) is 91.4 Å². The van der Waals surface area contributed by atoms with Gasteiger partial charge in [0.15, 0.2) is 18.1 Å². The molecular weight excluding hydrogens is 733 g/mol. The van der Waals surface area contributed by atoms with Gasteiger partial charge < -0.3 is 34.7 Å². The lowest BCUT2D eigenvalue weighted by Gasteiger charge is -2.62. The lowest BCUT2D eigenvalue weighted by Crippen LogP contribution is -2.69. The van der Waals surface area contributed by atoms with E-state index in [1.54, 1.807) is 20.8 Å². The Morgan fingerprint density at radius 1 is 1.00 bits per heavy atom. The lowest BCUT2D eigenvalue weighted by molar-refractivity contribution is -0.757. The van der Waals surface area contributed by atoms with E-state index in [-0.39, 0.29) is 77.0 Å². The number of alkyl halides is 1. The van der Waals surface area contributed by atoms with Crippen LogP contribution in [-0.2, 0) is 43.1 Å². The van der Waals surface area contributed by atoms with Crippen molar-refractivity contribution in [3.05, 3.63) is 44.0 Å². The van der Waals surface area contributed by atoms with E-state index >= 15 is 4.39 Å². The molecule has 306 valence electrons. The highest BCUT2D eigenvalue weighted by molar-refractivity contribution is 6.01. The predicted molar refractivity (Wildman–Crippen MR) is 185 cm³/mol. The van der Waals surface area contributed by atoms with Gasteiger partial charge in [0.1, 0.15) is 11.6 Å². The molecule has 0 heterocycles. The molecule has 1 amide bonds. The maximum absolute atomic E-state index is 17.5. The highest BCUT2D eigenvalue weighted by Gasteiger charge is 2.75. The quantitative estimate of drug-likeness (QED) is 0.0694. The average molecular weight is 784 g/mol. The number of nitrogens with one attached hydrogen (secondary N) is 1. The first-order valence-electron chi connectivity index (χ1n) is 18.5. The van der Waals surface area contributed by atoms with Crippen LogP contribution in [0.5, 0.6) is 0 Å². The number of esters is 2. The molecule has 19 heteroatoms. The number of ketones is 2. The van der Waals surface area contributed by atoms with E-state index in [1.165, 1.54) is 18.2 Å². The number of carbonyl (C=O) groups is 5. The maximum Gasteiger partial charge on any atom is 0.329 e. The van der Waals surface area contributed by atoms with Gasteiger partial charge in [-0.3, -0.25) is 19.2 Å². The molecule has 18 nitrogen and oxygen atoms in total. The SMILES string of the molecule is C[C@@H]1CC2C3CCC4=CC(=O)C=C[C@]4(C)[C@@]3(F)[C@@H](O)C[C@]2(C)[C@@]1(O)C(=O)COC(=O)CC(NC(=O)CCCCCO[N+](=O)[O-])C(=O)OCCCCO[N+](=O)[O-]. The minimum atomic E-state index is -2.18. The first kappa shape index (κ1) is 43.2. The number of aliphatic hydroxyl groups excluding tert-OH is 1. The molecule has 0 aromatic rings. The third kappa shape index (κ3) is 8.82. The van der Waals surface area contributed by atoms with Gasteiger partial charge in [0.05, 0.1) is 32.3 Å². The number of fused-ring (bicyclic) bond motifs is 5. The highest BCUT2D eigenvalue weighted by atomic mass is 19.1. The molecule has 4 aliphatic rings. The van der Waals surface area contributed by atoms with E-state index in [9.17, 15) is 54.4 Å². The van der Waals surface area contributed by atoms with Crippen molar-refractivity contribution in [2.24, 2.45) is 28.6 Å². The Labute approximate surface area is 316 Å². The largest absolute Gasteiger partial charge is 0.464 e.